The smallest absolute Gasteiger partial charge is 0.352 e. The van der Waals surface area contributed by atoms with Crippen LogP contribution >= 0.6 is 0 Å². The minimum atomic E-state index is -4.52. The van der Waals surface area contributed by atoms with E-state index in [1.807, 2.05) is 0 Å². The van der Waals surface area contributed by atoms with Gasteiger partial charge in [-0.1, -0.05) is 26.0 Å². The highest BCUT2D eigenvalue weighted by atomic mass is 19.4. The number of anilines is 1. The van der Waals surface area contributed by atoms with E-state index in [0.717, 1.165) is 0 Å². The van der Waals surface area contributed by atoms with E-state index in [1.165, 1.54) is 0 Å². The first-order chi connectivity index (χ1) is 10.9. The maximum absolute atomic E-state index is 13.4. The lowest BCUT2D eigenvalue weighted by atomic mass is 10.0. The Labute approximate surface area is 132 Å². The van der Waals surface area contributed by atoms with E-state index in [2.05, 4.69) is 29.1 Å². The Kier molecular flexibility index (Phi) is 4.14. The van der Waals surface area contributed by atoms with Crippen LogP contribution in [0.15, 0.2) is 24.3 Å². The number of nitrogens with zero attached hydrogens (tertiary/aromatic N) is 3. The zero-order valence-electron chi connectivity index (χ0n) is 13.1. The van der Waals surface area contributed by atoms with Crippen LogP contribution in [0.5, 0.6) is 0 Å². The number of halogens is 3. The molecular weight excluding hydrogens is 305 g/mol. The van der Waals surface area contributed by atoms with Gasteiger partial charge in [0, 0.05) is 25.7 Å². The van der Waals surface area contributed by atoms with Gasteiger partial charge in [0.15, 0.2) is 11.5 Å². The van der Waals surface area contributed by atoms with Gasteiger partial charge in [0.05, 0.1) is 11.0 Å². The highest BCUT2D eigenvalue weighted by Crippen LogP contribution is 2.35. The predicted molar refractivity (Wildman–Crippen MR) is 83.4 cm³/mol. The van der Waals surface area contributed by atoms with Crippen LogP contribution in [0.4, 0.5) is 19.0 Å². The molecule has 0 bridgehead atoms. The summed E-state index contributed by atoms with van der Waals surface area (Å²) in [6.07, 6.45) is -4.52. The minimum absolute atomic E-state index is 0.0663. The zero-order chi connectivity index (χ0) is 16.6. The molecule has 1 aliphatic rings. The highest BCUT2D eigenvalue weighted by Gasteiger charge is 2.39. The van der Waals surface area contributed by atoms with Crippen molar-refractivity contribution in [2.75, 3.05) is 24.5 Å². The van der Waals surface area contributed by atoms with Gasteiger partial charge in [-0.05, 0) is 18.1 Å². The molecular formula is C16H19F3N4. The SMILES string of the molecule is CC(C)C1CN(c2nc3ccccc3nc2C(F)(F)F)CCN1. The average Bonchev–Trinajstić information content (AvgIpc) is 2.53. The third kappa shape index (κ3) is 3.24. The van der Waals surface area contributed by atoms with Crippen molar-refractivity contribution in [3.05, 3.63) is 30.0 Å². The number of piperazine rings is 1. The van der Waals surface area contributed by atoms with E-state index in [1.54, 1.807) is 29.2 Å². The van der Waals surface area contributed by atoms with Crippen molar-refractivity contribution < 1.29 is 13.2 Å². The second-order valence-corrected chi connectivity index (χ2v) is 6.13. The number of rotatable bonds is 2. The molecule has 3 rings (SSSR count). The number of para-hydroxylation sites is 2. The summed E-state index contributed by atoms with van der Waals surface area (Å²) in [7, 11) is 0. The van der Waals surface area contributed by atoms with Gasteiger partial charge in [0.2, 0.25) is 0 Å². The van der Waals surface area contributed by atoms with Crippen LogP contribution in [0, 0.1) is 5.92 Å². The van der Waals surface area contributed by atoms with Gasteiger partial charge in [-0.2, -0.15) is 13.2 Å². The van der Waals surface area contributed by atoms with Crippen LogP contribution in [0.2, 0.25) is 0 Å². The normalized spacial score (nSPS) is 19.6. The Morgan fingerprint density at radius 1 is 1.17 bits per heavy atom. The molecule has 1 unspecified atom stereocenters. The highest BCUT2D eigenvalue weighted by molar-refractivity contribution is 5.76. The number of aromatic nitrogens is 2. The molecule has 23 heavy (non-hydrogen) atoms. The average molecular weight is 324 g/mol. The quantitative estimate of drug-likeness (QED) is 0.922. The summed E-state index contributed by atoms with van der Waals surface area (Å²) in [4.78, 5) is 9.81. The van der Waals surface area contributed by atoms with Gasteiger partial charge in [0.1, 0.15) is 0 Å². The zero-order valence-corrected chi connectivity index (χ0v) is 13.1. The van der Waals surface area contributed by atoms with Gasteiger partial charge in [-0.15, -0.1) is 0 Å². The van der Waals surface area contributed by atoms with E-state index in [0.29, 0.717) is 31.1 Å². The minimum Gasteiger partial charge on any atom is -0.352 e. The largest absolute Gasteiger partial charge is 0.437 e. The summed E-state index contributed by atoms with van der Waals surface area (Å²) in [5.41, 5.74) is -0.158. The van der Waals surface area contributed by atoms with Crippen LogP contribution in [-0.2, 0) is 6.18 Å². The molecule has 2 heterocycles. The summed E-state index contributed by atoms with van der Waals surface area (Å²) in [6.45, 7) is 5.72. The fourth-order valence-electron chi connectivity index (χ4n) is 2.82. The van der Waals surface area contributed by atoms with E-state index in [9.17, 15) is 13.2 Å². The summed E-state index contributed by atoms with van der Waals surface area (Å²) >= 11 is 0. The van der Waals surface area contributed by atoms with Gasteiger partial charge in [0.25, 0.3) is 0 Å². The van der Waals surface area contributed by atoms with Crippen molar-refractivity contribution in [2.24, 2.45) is 5.92 Å². The van der Waals surface area contributed by atoms with Crippen LogP contribution in [0.25, 0.3) is 11.0 Å². The van der Waals surface area contributed by atoms with Crippen molar-refractivity contribution in [1.82, 2.24) is 15.3 Å². The molecule has 1 aromatic heterocycles. The van der Waals surface area contributed by atoms with E-state index >= 15 is 0 Å². The number of alkyl halides is 3. The lowest BCUT2D eigenvalue weighted by Gasteiger charge is -2.37. The molecule has 0 amide bonds. The molecule has 1 N–H and O–H groups in total. The molecule has 124 valence electrons. The first-order valence-electron chi connectivity index (χ1n) is 7.68. The fraction of sp³-hybridized carbons (Fsp3) is 0.500. The predicted octanol–water partition coefficient (Wildman–Crippen LogP) is 3.08. The maximum atomic E-state index is 13.4. The first kappa shape index (κ1) is 16.0. The van der Waals surface area contributed by atoms with Crippen LogP contribution in [-0.4, -0.2) is 35.6 Å². The maximum Gasteiger partial charge on any atom is 0.437 e. The number of hydrogen-bond donors (Lipinski definition) is 1. The standard InChI is InChI=1S/C16H19F3N4/c1-10(2)13-9-23(8-7-20-13)15-14(16(17,18)19)21-11-5-3-4-6-12(11)22-15/h3-6,10,13,20H,7-9H2,1-2H3. The topological polar surface area (TPSA) is 41.1 Å². The Hall–Kier alpha value is -1.89. The second kappa shape index (κ2) is 5.96. The molecule has 1 saturated heterocycles. The Morgan fingerprint density at radius 3 is 2.43 bits per heavy atom. The third-order valence-electron chi connectivity index (χ3n) is 4.13. The van der Waals surface area contributed by atoms with E-state index < -0.39 is 11.9 Å². The lowest BCUT2D eigenvalue weighted by Crippen LogP contribution is -2.53. The molecule has 1 aliphatic heterocycles. The molecule has 0 radical (unpaired) electrons. The van der Waals surface area contributed by atoms with Crippen molar-refractivity contribution in [2.45, 2.75) is 26.1 Å². The molecule has 1 atom stereocenters. The lowest BCUT2D eigenvalue weighted by molar-refractivity contribution is -0.140. The molecule has 1 fully saturated rings. The van der Waals surface area contributed by atoms with Crippen molar-refractivity contribution >= 4 is 16.9 Å². The summed E-state index contributed by atoms with van der Waals surface area (Å²) < 4.78 is 40.3. The van der Waals surface area contributed by atoms with Crippen LogP contribution in [0.3, 0.4) is 0 Å². The van der Waals surface area contributed by atoms with Crippen LogP contribution < -0.4 is 10.2 Å². The first-order valence-corrected chi connectivity index (χ1v) is 7.68. The molecule has 0 spiro atoms. The van der Waals surface area contributed by atoms with Crippen LogP contribution in [0.1, 0.15) is 19.5 Å². The molecule has 2 aromatic rings. The molecule has 0 saturated carbocycles. The number of nitrogens with one attached hydrogen (secondary N) is 1. The molecule has 7 heteroatoms. The molecule has 0 aliphatic carbocycles. The third-order valence-corrected chi connectivity index (χ3v) is 4.13. The molecule has 1 aromatic carbocycles. The second-order valence-electron chi connectivity index (χ2n) is 6.13. The van der Waals surface area contributed by atoms with Gasteiger partial charge in [-0.25, -0.2) is 9.97 Å². The van der Waals surface area contributed by atoms with E-state index in [4.69, 9.17) is 0 Å². The summed E-state index contributed by atoms with van der Waals surface area (Å²) in [5, 5.41) is 3.34. The van der Waals surface area contributed by atoms with Crippen molar-refractivity contribution in [1.29, 1.82) is 0 Å². The van der Waals surface area contributed by atoms with Gasteiger partial charge in [-0.3, -0.25) is 0 Å². The summed E-state index contributed by atoms with van der Waals surface area (Å²) in [5.74, 6) is 0.268. The van der Waals surface area contributed by atoms with Crippen molar-refractivity contribution in [3.63, 3.8) is 0 Å². The van der Waals surface area contributed by atoms with E-state index in [-0.39, 0.29) is 17.4 Å². The number of hydrogen-bond acceptors (Lipinski definition) is 4. The molecule has 4 nitrogen and oxygen atoms in total. The Morgan fingerprint density at radius 2 is 1.83 bits per heavy atom. The van der Waals surface area contributed by atoms with Crippen molar-refractivity contribution in [3.8, 4) is 0 Å². The Balaban J connectivity index is 2.07. The monoisotopic (exact) mass is 324 g/mol. The number of fused-ring (bicyclic) bond motifs is 1. The Bertz CT molecular complexity index is 699. The fourth-order valence-corrected chi connectivity index (χ4v) is 2.82. The summed E-state index contributed by atoms with van der Waals surface area (Å²) in [6, 6.07) is 6.79. The van der Waals surface area contributed by atoms with Gasteiger partial charge >= 0.3 is 6.18 Å². The number of benzene rings is 1. The van der Waals surface area contributed by atoms with Gasteiger partial charge < -0.3 is 10.2 Å².